The summed E-state index contributed by atoms with van der Waals surface area (Å²) in [5.41, 5.74) is 0.605. The molecule has 1 aromatic carbocycles. The summed E-state index contributed by atoms with van der Waals surface area (Å²) >= 11 is 0. The minimum absolute atomic E-state index is 0.0797. The maximum absolute atomic E-state index is 12.5. The first-order valence-electron chi connectivity index (χ1n) is 9.28. The second kappa shape index (κ2) is 7.46. The summed E-state index contributed by atoms with van der Waals surface area (Å²) in [5, 5.41) is 6.33. The van der Waals surface area contributed by atoms with Gasteiger partial charge in [-0.15, -0.1) is 0 Å². The number of hydrogen-bond acceptors (Lipinski definition) is 3. The highest BCUT2D eigenvalue weighted by molar-refractivity contribution is 5.94. The Bertz CT molecular complexity index is 646. The normalized spacial score (nSPS) is 31.6. The number of ether oxygens (including phenoxy) is 1. The lowest BCUT2D eigenvalue weighted by Crippen LogP contribution is -2.58. The van der Waals surface area contributed by atoms with E-state index >= 15 is 0 Å². The van der Waals surface area contributed by atoms with Gasteiger partial charge in [-0.05, 0) is 55.7 Å². The molecular weight excluding hydrogens is 316 g/mol. The zero-order valence-electron chi connectivity index (χ0n) is 15.2. The maximum Gasteiger partial charge on any atom is 0.251 e. The minimum atomic E-state index is -0.0797. The first kappa shape index (κ1) is 17.8. The SMILES string of the molecule is CCC1C(=O)NC2CC(NC(=O)c3cccc(OC)c3)CCC2C1C. The lowest BCUT2D eigenvalue weighted by molar-refractivity contribution is -0.133. The van der Waals surface area contributed by atoms with Gasteiger partial charge in [0.2, 0.25) is 5.91 Å². The number of amides is 2. The fraction of sp³-hybridized carbons (Fsp3) is 0.600. The Morgan fingerprint density at radius 1 is 1.36 bits per heavy atom. The van der Waals surface area contributed by atoms with Crippen LogP contribution in [0.3, 0.4) is 0 Å². The first-order chi connectivity index (χ1) is 12.0. The van der Waals surface area contributed by atoms with Crippen molar-refractivity contribution < 1.29 is 14.3 Å². The Morgan fingerprint density at radius 2 is 2.16 bits per heavy atom. The molecular formula is C20H28N2O3. The molecule has 25 heavy (non-hydrogen) atoms. The topological polar surface area (TPSA) is 67.4 Å². The van der Waals surface area contributed by atoms with Crippen LogP contribution in [0.1, 0.15) is 49.9 Å². The van der Waals surface area contributed by atoms with Crippen molar-refractivity contribution in [2.24, 2.45) is 17.8 Å². The van der Waals surface area contributed by atoms with Gasteiger partial charge < -0.3 is 15.4 Å². The summed E-state index contributed by atoms with van der Waals surface area (Å²) in [7, 11) is 1.59. The third kappa shape index (κ3) is 3.65. The van der Waals surface area contributed by atoms with Crippen LogP contribution in [-0.4, -0.2) is 31.0 Å². The van der Waals surface area contributed by atoms with Crippen molar-refractivity contribution in [3.8, 4) is 5.75 Å². The molecule has 1 aromatic rings. The summed E-state index contributed by atoms with van der Waals surface area (Å²) < 4.78 is 5.18. The summed E-state index contributed by atoms with van der Waals surface area (Å²) in [6.07, 6.45) is 3.72. The molecule has 1 saturated heterocycles. The Balaban J connectivity index is 1.63. The largest absolute Gasteiger partial charge is 0.497 e. The Labute approximate surface area is 149 Å². The third-order valence-corrected chi connectivity index (χ3v) is 5.99. The molecule has 5 nitrogen and oxygen atoms in total. The number of nitrogens with one attached hydrogen (secondary N) is 2. The fourth-order valence-electron chi connectivity index (χ4n) is 4.54. The van der Waals surface area contributed by atoms with Crippen LogP contribution in [-0.2, 0) is 4.79 Å². The van der Waals surface area contributed by atoms with Crippen LogP contribution in [0.15, 0.2) is 24.3 Å². The zero-order chi connectivity index (χ0) is 18.0. The number of rotatable bonds is 4. The third-order valence-electron chi connectivity index (χ3n) is 5.99. The molecule has 1 aliphatic heterocycles. The van der Waals surface area contributed by atoms with Crippen LogP contribution in [0.25, 0.3) is 0 Å². The van der Waals surface area contributed by atoms with Gasteiger partial charge in [-0.3, -0.25) is 9.59 Å². The van der Waals surface area contributed by atoms with Crippen molar-refractivity contribution in [2.45, 2.75) is 51.6 Å². The molecule has 2 aliphatic rings. The smallest absolute Gasteiger partial charge is 0.251 e. The molecule has 1 aliphatic carbocycles. The van der Waals surface area contributed by atoms with Gasteiger partial charge in [0.05, 0.1) is 7.11 Å². The van der Waals surface area contributed by atoms with Crippen LogP contribution >= 0.6 is 0 Å². The van der Waals surface area contributed by atoms with Gasteiger partial charge in [-0.25, -0.2) is 0 Å². The number of methoxy groups -OCH3 is 1. The molecule has 0 radical (unpaired) electrons. The molecule has 136 valence electrons. The summed E-state index contributed by atoms with van der Waals surface area (Å²) in [5.74, 6) is 1.84. The standard InChI is InChI=1S/C20H28N2O3/c1-4-16-12(2)17-9-8-14(11-18(17)22-20(16)24)21-19(23)13-6-5-7-15(10-13)25-3/h5-7,10,12,14,16-18H,4,8-9,11H2,1-3H3,(H,21,23)(H,22,24). The molecule has 1 saturated carbocycles. The van der Waals surface area contributed by atoms with E-state index in [1.807, 2.05) is 12.1 Å². The van der Waals surface area contributed by atoms with E-state index in [0.29, 0.717) is 23.1 Å². The number of carbonyl (C=O) groups is 2. The van der Waals surface area contributed by atoms with Gasteiger partial charge in [0.25, 0.3) is 5.91 Å². The van der Waals surface area contributed by atoms with Crippen LogP contribution in [0.4, 0.5) is 0 Å². The highest BCUT2D eigenvalue weighted by Crippen LogP contribution is 2.38. The molecule has 2 amide bonds. The van der Waals surface area contributed by atoms with E-state index in [1.54, 1.807) is 19.2 Å². The zero-order valence-corrected chi connectivity index (χ0v) is 15.2. The molecule has 0 aromatic heterocycles. The molecule has 2 fully saturated rings. The number of hydrogen-bond donors (Lipinski definition) is 2. The number of fused-ring (bicyclic) bond motifs is 1. The second-order valence-electron chi connectivity index (χ2n) is 7.37. The minimum Gasteiger partial charge on any atom is -0.497 e. The average molecular weight is 344 g/mol. The van der Waals surface area contributed by atoms with Crippen molar-refractivity contribution in [2.75, 3.05) is 7.11 Å². The average Bonchev–Trinajstić information content (AvgIpc) is 2.62. The van der Waals surface area contributed by atoms with E-state index in [4.69, 9.17) is 4.74 Å². The Morgan fingerprint density at radius 3 is 2.88 bits per heavy atom. The number of benzene rings is 1. The Hall–Kier alpha value is -2.04. The lowest BCUT2D eigenvalue weighted by Gasteiger charge is -2.46. The number of piperidine rings is 1. The van der Waals surface area contributed by atoms with E-state index < -0.39 is 0 Å². The van der Waals surface area contributed by atoms with Gasteiger partial charge in [-0.2, -0.15) is 0 Å². The molecule has 3 rings (SSSR count). The quantitative estimate of drug-likeness (QED) is 0.882. The van der Waals surface area contributed by atoms with Crippen LogP contribution < -0.4 is 15.4 Å². The summed E-state index contributed by atoms with van der Waals surface area (Å²) in [6.45, 7) is 4.29. The van der Waals surface area contributed by atoms with Crippen molar-refractivity contribution in [3.63, 3.8) is 0 Å². The second-order valence-corrected chi connectivity index (χ2v) is 7.37. The van der Waals surface area contributed by atoms with E-state index in [-0.39, 0.29) is 29.8 Å². The summed E-state index contributed by atoms with van der Waals surface area (Å²) in [4.78, 5) is 24.8. The summed E-state index contributed by atoms with van der Waals surface area (Å²) in [6, 6.07) is 7.46. The maximum atomic E-state index is 12.5. The van der Waals surface area contributed by atoms with Gasteiger partial charge >= 0.3 is 0 Å². The molecule has 5 atom stereocenters. The molecule has 0 spiro atoms. The first-order valence-corrected chi connectivity index (χ1v) is 9.28. The lowest BCUT2D eigenvalue weighted by atomic mass is 9.67. The van der Waals surface area contributed by atoms with Crippen molar-refractivity contribution >= 4 is 11.8 Å². The van der Waals surface area contributed by atoms with E-state index in [0.717, 1.165) is 25.7 Å². The van der Waals surface area contributed by atoms with Crippen LogP contribution in [0.5, 0.6) is 5.75 Å². The predicted molar refractivity (Wildman–Crippen MR) is 96.5 cm³/mol. The van der Waals surface area contributed by atoms with Crippen molar-refractivity contribution in [3.05, 3.63) is 29.8 Å². The van der Waals surface area contributed by atoms with Crippen LogP contribution in [0, 0.1) is 17.8 Å². The van der Waals surface area contributed by atoms with Crippen LogP contribution in [0.2, 0.25) is 0 Å². The molecule has 2 N–H and O–H groups in total. The van der Waals surface area contributed by atoms with Gasteiger partial charge in [0, 0.05) is 23.6 Å². The van der Waals surface area contributed by atoms with E-state index in [2.05, 4.69) is 24.5 Å². The van der Waals surface area contributed by atoms with E-state index in [9.17, 15) is 9.59 Å². The Kier molecular flexibility index (Phi) is 5.30. The number of carbonyl (C=O) groups excluding carboxylic acids is 2. The highest BCUT2D eigenvalue weighted by atomic mass is 16.5. The van der Waals surface area contributed by atoms with Crippen molar-refractivity contribution in [1.29, 1.82) is 0 Å². The fourth-order valence-corrected chi connectivity index (χ4v) is 4.54. The molecule has 1 heterocycles. The molecule has 0 bridgehead atoms. The van der Waals surface area contributed by atoms with Gasteiger partial charge in [0.1, 0.15) is 5.75 Å². The van der Waals surface area contributed by atoms with Crippen molar-refractivity contribution in [1.82, 2.24) is 10.6 Å². The predicted octanol–water partition coefficient (Wildman–Crippen LogP) is 2.75. The van der Waals surface area contributed by atoms with E-state index in [1.165, 1.54) is 0 Å². The molecule has 5 heteroatoms. The monoisotopic (exact) mass is 344 g/mol. The highest BCUT2D eigenvalue weighted by Gasteiger charge is 2.43. The van der Waals surface area contributed by atoms with Gasteiger partial charge in [0.15, 0.2) is 0 Å². The van der Waals surface area contributed by atoms with Gasteiger partial charge in [-0.1, -0.05) is 19.9 Å². The molecule has 5 unspecified atom stereocenters.